The number of morpholine rings is 1. The van der Waals surface area contributed by atoms with Gasteiger partial charge in [-0.15, -0.1) is 11.3 Å². The molecule has 0 aliphatic carbocycles. The van der Waals surface area contributed by atoms with Crippen molar-refractivity contribution in [2.75, 3.05) is 44.3 Å². The summed E-state index contributed by atoms with van der Waals surface area (Å²) in [6.45, 7) is 3.51. The van der Waals surface area contributed by atoms with E-state index in [1.165, 1.54) is 16.2 Å². The van der Waals surface area contributed by atoms with E-state index in [1.54, 1.807) is 0 Å². The molecule has 0 atom stereocenters. The van der Waals surface area contributed by atoms with Crippen LogP contribution in [0.1, 0.15) is 18.5 Å². The SMILES string of the molecule is O=C(Cc1csc(N2CCOCC2)n1)NNC(=O)CN1CCCC1=O. The number of anilines is 1. The molecule has 1 aromatic heterocycles. The maximum Gasteiger partial charge on any atom is 0.257 e. The highest BCUT2D eigenvalue weighted by atomic mass is 32.1. The lowest BCUT2D eigenvalue weighted by molar-refractivity contribution is -0.134. The largest absolute Gasteiger partial charge is 0.378 e. The zero-order valence-corrected chi connectivity index (χ0v) is 14.6. The molecule has 0 bridgehead atoms. The number of rotatable bonds is 5. The average molecular weight is 367 g/mol. The van der Waals surface area contributed by atoms with Gasteiger partial charge < -0.3 is 14.5 Å². The van der Waals surface area contributed by atoms with E-state index in [2.05, 4.69) is 20.7 Å². The van der Waals surface area contributed by atoms with Crippen LogP contribution in [0.2, 0.25) is 0 Å². The Bertz CT molecular complexity index is 644. The Balaban J connectivity index is 1.41. The van der Waals surface area contributed by atoms with E-state index in [-0.39, 0.29) is 24.8 Å². The predicted molar refractivity (Wildman–Crippen MR) is 90.9 cm³/mol. The Morgan fingerprint density at radius 2 is 1.96 bits per heavy atom. The number of hydrogen-bond acceptors (Lipinski definition) is 7. The number of amides is 3. The van der Waals surface area contributed by atoms with E-state index in [9.17, 15) is 14.4 Å². The number of carbonyl (C=O) groups is 3. The first-order valence-corrected chi connectivity index (χ1v) is 9.12. The molecule has 2 aliphatic heterocycles. The summed E-state index contributed by atoms with van der Waals surface area (Å²) in [6, 6.07) is 0. The molecule has 3 rings (SSSR count). The van der Waals surface area contributed by atoms with Crippen molar-refractivity contribution in [1.29, 1.82) is 0 Å². The molecule has 3 amide bonds. The van der Waals surface area contributed by atoms with Crippen molar-refractivity contribution >= 4 is 34.2 Å². The maximum atomic E-state index is 11.9. The van der Waals surface area contributed by atoms with Crippen LogP contribution < -0.4 is 15.8 Å². The average Bonchev–Trinajstić information content (AvgIpc) is 3.23. The third kappa shape index (κ3) is 4.89. The topological polar surface area (TPSA) is 104 Å². The third-order valence-corrected chi connectivity index (χ3v) is 4.96. The molecule has 0 unspecified atom stereocenters. The van der Waals surface area contributed by atoms with Crippen LogP contribution in [0, 0.1) is 0 Å². The van der Waals surface area contributed by atoms with Crippen molar-refractivity contribution in [3.8, 4) is 0 Å². The van der Waals surface area contributed by atoms with Crippen molar-refractivity contribution in [2.45, 2.75) is 19.3 Å². The van der Waals surface area contributed by atoms with E-state index in [0.717, 1.165) is 24.6 Å². The van der Waals surface area contributed by atoms with Crippen LogP contribution in [0.25, 0.3) is 0 Å². The van der Waals surface area contributed by atoms with Crippen molar-refractivity contribution in [1.82, 2.24) is 20.7 Å². The van der Waals surface area contributed by atoms with Crippen molar-refractivity contribution < 1.29 is 19.1 Å². The van der Waals surface area contributed by atoms with Crippen molar-refractivity contribution in [3.63, 3.8) is 0 Å². The minimum atomic E-state index is -0.407. The van der Waals surface area contributed by atoms with Crippen LogP contribution in [0.3, 0.4) is 0 Å². The van der Waals surface area contributed by atoms with Gasteiger partial charge in [-0.25, -0.2) is 4.98 Å². The molecule has 0 aromatic carbocycles. The van der Waals surface area contributed by atoms with Crippen LogP contribution in [-0.2, 0) is 25.5 Å². The van der Waals surface area contributed by atoms with Crippen LogP contribution in [0.4, 0.5) is 5.13 Å². The number of likely N-dealkylation sites (tertiary alicyclic amines) is 1. The maximum absolute atomic E-state index is 11.9. The van der Waals surface area contributed by atoms with Gasteiger partial charge in [0.25, 0.3) is 5.91 Å². The number of nitrogens with zero attached hydrogens (tertiary/aromatic N) is 3. The lowest BCUT2D eigenvalue weighted by Gasteiger charge is -2.26. The minimum absolute atomic E-state index is 0.0282. The van der Waals surface area contributed by atoms with E-state index in [1.807, 2.05) is 5.38 Å². The Morgan fingerprint density at radius 3 is 2.68 bits per heavy atom. The second kappa shape index (κ2) is 8.26. The van der Waals surface area contributed by atoms with Crippen molar-refractivity contribution in [3.05, 3.63) is 11.1 Å². The second-order valence-corrected chi connectivity index (χ2v) is 6.75. The summed E-state index contributed by atoms with van der Waals surface area (Å²) < 4.78 is 5.31. The quantitative estimate of drug-likeness (QED) is 0.667. The number of aromatic nitrogens is 1. The lowest BCUT2D eigenvalue weighted by atomic mass is 10.3. The van der Waals surface area contributed by atoms with Gasteiger partial charge in [-0.3, -0.25) is 25.2 Å². The number of hydrazine groups is 1. The molecule has 3 heterocycles. The smallest absolute Gasteiger partial charge is 0.257 e. The zero-order chi connectivity index (χ0) is 17.6. The normalized spacial score (nSPS) is 17.7. The number of thiazole rings is 1. The van der Waals surface area contributed by atoms with Gasteiger partial charge in [0.2, 0.25) is 11.8 Å². The fourth-order valence-electron chi connectivity index (χ4n) is 2.71. The molecule has 0 radical (unpaired) electrons. The first-order valence-electron chi connectivity index (χ1n) is 8.24. The molecule has 10 heteroatoms. The second-order valence-electron chi connectivity index (χ2n) is 5.91. The number of nitrogens with one attached hydrogen (secondary N) is 2. The Hall–Kier alpha value is -2.20. The first-order chi connectivity index (χ1) is 12.1. The van der Waals surface area contributed by atoms with Crippen LogP contribution >= 0.6 is 11.3 Å². The molecular weight excluding hydrogens is 346 g/mol. The van der Waals surface area contributed by atoms with Gasteiger partial charge in [-0.2, -0.15) is 0 Å². The summed E-state index contributed by atoms with van der Waals surface area (Å²) in [6.07, 6.45) is 1.34. The van der Waals surface area contributed by atoms with Crippen molar-refractivity contribution in [2.24, 2.45) is 0 Å². The summed E-state index contributed by atoms with van der Waals surface area (Å²) in [5.74, 6) is -0.782. The van der Waals surface area contributed by atoms with E-state index >= 15 is 0 Å². The summed E-state index contributed by atoms with van der Waals surface area (Å²) in [4.78, 5) is 43.2. The standard InChI is InChI=1S/C15H21N5O4S/c21-12(17-18-13(22)9-20-3-1-2-14(20)23)8-11-10-25-15(16-11)19-4-6-24-7-5-19/h10H,1-9H2,(H,17,21)(H,18,22). The molecule has 0 spiro atoms. The van der Waals surface area contributed by atoms with E-state index < -0.39 is 5.91 Å². The van der Waals surface area contributed by atoms with Gasteiger partial charge in [-0.1, -0.05) is 0 Å². The number of ether oxygens (including phenoxy) is 1. The molecule has 2 aliphatic rings. The summed E-state index contributed by atoms with van der Waals surface area (Å²) in [5, 5.41) is 2.72. The van der Waals surface area contributed by atoms with Gasteiger partial charge >= 0.3 is 0 Å². The van der Waals surface area contributed by atoms with Crippen LogP contribution in [-0.4, -0.2) is 67.0 Å². The zero-order valence-electron chi connectivity index (χ0n) is 13.8. The van der Waals surface area contributed by atoms with Gasteiger partial charge in [0.1, 0.15) is 6.54 Å². The lowest BCUT2D eigenvalue weighted by Crippen LogP contribution is -2.47. The molecule has 2 fully saturated rings. The van der Waals surface area contributed by atoms with Gasteiger partial charge in [-0.05, 0) is 6.42 Å². The molecule has 1 aromatic rings. The molecule has 136 valence electrons. The number of hydrogen-bond donors (Lipinski definition) is 2. The Morgan fingerprint density at radius 1 is 1.20 bits per heavy atom. The molecule has 9 nitrogen and oxygen atoms in total. The Labute approximate surface area is 149 Å². The molecular formula is C15H21N5O4S. The summed E-state index contributed by atoms with van der Waals surface area (Å²) in [5.41, 5.74) is 5.36. The highest BCUT2D eigenvalue weighted by molar-refractivity contribution is 7.13. The first kappa shape index (κ1) is 17.6. The molecule has 0 saturated carbocycles. The van der Waals surface area contributed by atoms with Gasteiger partial charge in [0.05, 0.1) is 25.3 Å². The monoisotopic (exact) mass is 367 g/mol. The highest BCUT2D eigenvalue weighted by Crippen LogP contribution is 2.21. The summed E-state index contributed by atoms with van der Waals surface area (Å²) >= 11 is 1.49. The number of carbonyl (C=O) groups excluding carboxylic acids is 3. The van der Waals surface area contributed by atoms with E-state index in [0.29, 0.717) is 31.9 Å². The molecule has 2 saturated heterocycles. The van der Waals surface area contributed by atoms with Gasteiger partial charge in [0, 0.05) is 31.4 Å². The summed E-state index contributed by atoms with van der Waals surface area (Å²) in [7, 11) is 0. The van der Waals surface area contributed by atoms with Gasteiger partial charge in [0.15, 0.2) is 5.13 Å². The third-order valence-electron chi connectivity index (χ3n) is 4.01. The Kier molecular flexibility index (Phi) is 5.82. The fourth-order valence-corrected chi connectivity index (χ4v) is 3.59. The van der Waals surface area contributed by atoms with Crippen LogP contribution in [0.5, 0.6) is 0 Å². The predicted octanol–water partition coefficient (Wildman–Crippen LogP) is -0.708. The van der Waals surface area contributed by atoms with Crippen LogP contribution in [0.15, 0.2) is 5.38 Å². The minimum Gasteiger partial charge on any atom is -0.378 e. The van der Waals surface area contributed by atoms with E-state index in [4.69, 9.17) is 4.74 Å². The molecule has 25 heavy (non-hydrogen) atoms. The molecule has 2 N–H and O–H groups in total. The highest BCUT2D eigenvalue weighted by Gasteiger charge is 2.22. The fraction of sp³-hybridized carbons (Fsp3) is 0.600.